The van der Waals surface area contributed by atoms with Crippen LogP contribution in [0.3, 0.4) is 0 Å². The summed E-state index contributed by atoms with van der Waals surface area (Å²) in [4.78, 5) is 8.54. The second-order valence-electron chi connectivity index (χ2n) is 5.92. The number of hydrogen-bond donors (Lipinski definition) is 0. The Balaban J connectivity index is 2.28. The second-order valence-corrected chi connectivity index (χ2v) is 6.30. The molecule has 0 amide bonds. The topological polar surface area (TPSA) is 30.7 Å². The van der Waals surface area contributed by atoms with Gasteiger partial charge in [-0.15, -0.1) is 0 Å². The predicted octanol–water partition coefficient (Wildman–Crippen LogP) is 4.37. The highest BCUT2D eigenvalue weighted by Crippen LogP contribution is 2.29. The maximum atomic E-state index is 6.16. The predicted molar refractivity (Wildman–Crippen MR) is 82.6 cm³/mol. The van der Waals surface area contributed by atoms with E-state index in [0.717, 1.165) is 16.6 Å². The summed E-state index contributed by atoms with van der Waals surface area (Å²) < 4.78 is 1.95. The van der Waals surface area contributed by atoms with Crippen molar-refractivity contribution in [1.82, 2.24) is 14.5 Å². The van der Waals surface area contributed by atoms with E-state index in [9.17, 15) is 0 Å². The second kappa shape index (κ2) is 4.60. The van der Waals surface area contributed by atoms with Gasteiger partial charge in [-0.1, -0.05) is 44.5 Å². The van der Waals surface area contributed by atoms with E-state index in [2.05, 4.69) is 48.9 Å². The SMILES string of the molecule is CC(C)(C)c1ccc2c(-n3ccnc3)cc(Cl)nc2c1. The lowest BCUT2D eigenvalue weighted by Gasteiger charge is -2.19. The maximum Gasteiger partial charge on any atom is 0.131 e. The molecule has 2 heterocycles. The van der Waals surface area contributed by atoms with Crippen LogP contribution in [0.15, 0.2) is 43.0 Å². The Morgan fingerprint density at radius 2 is 1.95 bits per heavy atom. The number of imidazole rings is 1. The van der Waals surface area contributed by atoms with Gasteiger partial charge < -0.3 is 4.57 Å². The summed E-state index contributed by atoms with van der Waals surface area (Å²) >= 11 is 6.16. The molecule has 3 nitrogen and oxygen atoms in total. The third-order valence-corrected chi connectivity index (χ3v) is 3.60. The Hall–Kier alpha value is -1.87. The summed E-state index contributed by atoms with van der Waals surface area (Å²) in [5.74, 6) is 0. The van der Waals surface area contributed by atoms with Gasteiger partial charge >= 0.3 is 0 Å². The lowest BCUT2D eigenvalue weighted by atomic mass is 9.86. The molecule has 102 valence electrons. The summed E-state index contributed by atoms with van der Waals surface area (Å²) in [6.45, 7) is 6.57. The van der Waals surface area contributed by atoms with Gasteiger partial charge in [0.05, 0.1) is 17.5 Å². The fourth-order valence-electron chi connectivity index (χ4n) is 2.26. The lowest BCUT2D eigenvalue weighted by molar-refractivity contribution is 0.591. The zero-order valence-corrected chi connectivity index (χ0v) is 12.5. The van der Waals surface area contributed by atoms with Gasteiger partial charge in [0, 0.05) is 23.8 Å². The number of nitrogens with zero attached hydrogens (tertiary/aromatic N) is 3. The van der Waals surface area contributed by atoms with Gasteiger partial charge in [-0.2, -0.15) is 0 Å². The molecule has 0 fully saturated rings. The van der Waals surface area contributed by atoms with Crippen LogP contribution in [-0.2, 0) is 5.41 Å². The third kappa shape index (κ3) is 2.29. The number of aromatic nitrogens is 3. The molecule has 0 radical (unpaired) electrons. The van der Waals surface area contributed by atoms with Gasteiger partial charge in [0.2, 0.25) is 0 Å². The zero-order valence-electron chi connectivity index (χ0n) is 11.8. The number of fused-ring (bicyclic) bond motifs is 1. The smallest absolute Gasteiger partial charge is 0.131 e. The van der Waals surface area contributed by atoms with Crippen LogP contribution in [0, 0.1) is 0 Å². The molecule has 0 saturated heterocycles. The Kier molecular flexibility index (Phi) is 3.02. The van der Waals surface area contributed by atoms with E-state index in [1.165, 1.54) is 5.56 Å². The van der Waals surface area contributed by atoms with E-state index in [0.29, 0.717) is 5.15 Å². The third-order valence-electron chi connectivity index (χ3n) is 3.41. The monoisotopic (exact) mass is 285 g/mol. The summed E-state index contributed by atoms with van der Waals surface area (Å²) in [6.07, 6.45) is 5.43. The largest absolute Gasteiger partial charge is 0.306 e. The van der Waals surface area contributed by atoms with Crippen molar-refractivity contribution >= 4 is 22.5 Å². The summed E-state index contributed by atoms with van der Waals surface area (Å²) in [5.41, 5.74) is 3.25. The molecule has 0 aliphatic heterocycles. The molecule has 0 aliphatic rings. The van der Waals surface area contributed by atoms with Gasteiger partial charge in [-0.05, 0) is 17.0 Å². The van der Waals surface area contributed by atoms with E-state index in [1.807, 2.05) is 16.8 Å². The fraction of sp³-hybridized carbons (Fsp3) is 0.250. The molecule has 2 aromatic heterocycles. The summed E-state index contributed by atoms with van der Waals surface area (Å²) in [7, 11) is 0. The van der Waals surface area contributed by atoms with Crippen LogP contribution < -0.4 is 0 Å². The zero-order chi connectivity index (χ0) is 14.3. The van der Waals surface area contributed by atoms with Crippen molar-refractivity contribution in [2.75, 3.05) is 0 Å². The maximum absolute atomic E-state index is 6.16. The Labute approximate surface area is 123 Å². The Morgan fingerprint density at radius 1 is 1.15 bits per heavy atom. The Morgan fingerprint density at radius 3 is 2.60 bits per heavy atom. The van der Waals surface area contributed by atoms with E-state index < -0.39 is 0 Å². The molecule has 0 atom stereocenters. The molecule has 0 aliphatic carbocycles. The van der Waals surface area contributed by atoms with Crippen LogP contribution in [0.1, 0.15) is 26.3 Å². The Bertz CT molecular complexity index is 755. The van der Waals surface area contributed by atoms with Crippen LogP contribution in [0.25, 0.3) is 16.6 Å². The van der Waals surface area contributed by atoms with Crippen LogP contribution in [0.5, 0.6) is 0 Å². The molecule has 4 heteroatoms. The van der Waals surface area contributed by atoms with Crippen molar-refractivity contribution in [2.45, 2.75) is 26.2 Å². The highest BCUT2D eigenvalue weighted by Gasteiger charge is 2.15. The number of pyridine rings is 1. The van der Waals surface area contributed by atoms with Crippen molar-refractivity contribution in [3.8, 4) is 5.69 Å². The van der Waals surface area contributed by atoms with Crippen LogP contribution >= 0.6 is 11.6 Å². The van der Waals surface area contributed by atoms with Crippen LogP contribution in [0.4, 0.5) is 0 Å². The average Bonchev–Trinajstić information content (AvgIpc) is 2.89. The first-order chi connectivity index (χ1) is 9.45. The summed E-state index contributed by atoms with van der Waals surface area (Å²) in [6, 6.07) is 8.23. The molecule has 20 heavy (non-hydrogen) atoms. The highest BCUT2D eigenvalue weighted by atomic mass is 35.5. The molecular weight excluding hydrogens is 270 g/mol. The van der Waals surface area contributed by atoms with Crippen LogP contribution in [-0.4, -0.2) is 14.5 Å². The van der Waals surface area contributed by atoms with E-state index in [4.69, 9.17) is 11.6 Å². The molecular formula is C16H16ClN3. The molecule has 0 spiro atoms. The van der Waals surface area contributed by atoms with Crippen molar-refractivity contribution in [3.63, 3.8) is 0 Å². The van der Waals surface area contributed by atoms with Gasteiger partial charge in [0.1, 0.15) is 5.15 Å². The van der Waals surface area contributed by atoms with E-state index in [-0.39, 0.29) is 5.41 Å². The first-order valence-electron chi connectivity index (χ1n) is 6.54. The van der Waals surface area contributed by atoms with Crippen molar-refractivity contribution in [1.29, 1.82) is 0 Å². The minimum absolute atomic E-state index is 0.0906. The first kappa shape index (κ1) is 13.1. The average molecular weight is 286 g/mol. The lowest BCUT2D eigenvalue weighted by Crippen LogP contribution is -2.11. The minimum atomic E-state index is 0.0906. The normalized spacial score (nSPS) is 12.0. The fourth-order valence-corrected chi connectivity index (χ4v) is 2.45. The molecule has 0 saturated carbocycles. The first-order valence-corrected chi connectivity index (χ1v) is 6.92. The van der Waals surface area contributed by atoms with Crippen LogP contribution in [0.2, 0.25) is 5.15 Å². The minimum Gasteiger partial charge on any atom is -0.306 e. The van der Waals surface area contributed by atoms with Gasteiger partial charge in [-0.3, -0.25) is 0 Å². The number of rotatable bonds is 1. The standard InChI is InChI=1S/C16H16ClN3/c1-16(2,3)11-4-5-12-13(8-11)19-15(17)9-14(12)20-7-6-18-10-20/h4-10H,1-3H3. The highest BCUT2D eigenvalue weighted by molar-refractivity contribution is 6.30. The molecule has 0 unspecified atom stereocenters. The number of halogens is 1. The van der Waals surface area contributed by atoms with Gasteiger partial charge in [-0.25, -0.2) is 9.97 Å². The van der Waals surface area contributed by atoms with E-state index in [1.54, 1.807) is 12.5 Å². The summed E-state index contributed by atoms with van der Waals surface area (Å²) in [5, 5.41) is 1.56. The number of benzene rings is 1. The molecule has 3 rings (SSSR count). The van der Waals surface area contributed by atoms with Crippen molar-refractivity contribution in [3.05, 3.63) is 53.7 Å². The van der Waals surface area contributed by atoms with Gasteiger partial charge in [0.15, 0.2) is 0 Å². The molecule has 1 aromatic carbocycles. The van der Waals surface area contributed by atoms with Gasteiger partial charge in [0.25, 0.3) is 0 Å². The quantitative estimate of drug-likeness (QED) is 0.622. The molecule has 0 N–H and O–H groups in total. The van der Waals surface area contributed by atoms with E-state index >= 15 is 0 Å². The van der Waals surface area contributed by atoms with Crippen molar-refractivity contribution in [2.24, 2.45) is 0 Å². The molecule has 0 bridgehead atoms. The number of hydrogen-bond acceptors (Lipinski definition) is 2. The molecule has 3 aromatic rings. The van der Waals surface area contributed by atoms with Crippen molar-refractivity contribution < 1.29 is 0 Å².